The van der Waals surface area contributed by atoms with Gasteiger partial charge >= 0.3 is 7.12 Å². The number of hydrogen-bond acceptors (Lipinski definition) is 18. The number of ether oxygens (including phenoxy) is 5. The van der Waals surface area contributed by atoms with Gasteiger partial charge in [-0.05, 0) is 148 Å². The minimum absolute atomic E-state index is 0.124. The molecule has 7 aromatic carbocycles. The van der Waals surface area contributed by atoms with Gasteiger partial charge in [-0.1, -0.05) is 61.7 Å². The van der Waals surface area contributed by atoms with Gasteiger partial charge in [0.15, 0.2) is 0 Å². The SMILES string of the molecule is COc1ccc(-c2cc(Cl)cc3nccnc23)cc1N(C)C.COc1ccc(-c2cc(N[C@H]3CCN(C(C)=O)C3)cc3nccnc23)cc1N(C)C.COc1ccc(B2OC(C)(C)C(C)(C)O2)cc1N(C)C.COc1ccc(Br)cc1N.COc1ccc(Br)cc1N(C)C. The minimum Gasteiger partial charge on any atom is -0.495 e. The van der Waals surface area contributed by atoms with Gasteiger partial charge in [0.05, 0.1) is 97.3 Å². The fraction of sp³-hybridized carbons (Fsp3) is 0.338. The van der Waals surface area contributed by atoms with Crippen molar-refractivity contribution in [2.75, 3.05) is 136 Å². The number of nitrogens with one attached hydrogen (secondary N) is 1. The summed E-state index contributed by atoms with van der Waals surface area (Å²) in [5, 5.41) is 4.23. The van der Waals surface area contributed by atoms with Crippen LogP contribution >= 0.6 is 43.5 Å². The molecule has 1 atom stereocenters. The number of halogens is 3. The van der Waals surface area contributed by atoms with E-state index in [1.807, 2.05) is 166 Å². The maximum absolute atomic E-state index is 11.7. The zero-order valence-electron chi connectivity index (χ0n) is 57.1. The molecule has 11 rings (SSSR count). The number of hydrogen-bond donors (Lipinski definition) is 2. The molecule has 9 aromatic rings. The predicted octanol–water partition coefficient (Wildman–Crippen LogP) is 14.1. The number of nitrogen functional groups attached to an aromatic ring is 1. The molecule has 94 heavy (non-hydrogen) atoms. The van der Waals surface area contributed by atoms with Crippen molar-refractivity contribution in [3.05, 3.63) is 154 Å². The summed E-state index contributed by atoms with van der Waals surface area (Å²) in [6, 6.07) is 37.7. The fourth-order valence-electron chi connectivity index (χ4n) is 10.4. The third-order valence-electron chi connectivity index (χ3n) is 16.1. The lowest BCUT2D eigenvalue weighted by Gasteiger charge is -2.32. The van der Waals surface area contributed by atoms with E-state index < -0.39 is 0 Å². The van der Waals surface area contributed by atoms with Crippen LogP contribution in [0.25, 0.3) is 44.3 Å². The highest BCUT2D eigenvalue weighted by Crippen LogP contribution is 2.40. The maximum Gasteiger partial charge on any atom is 0.494 e. The van der Waals surface area contributed by atoms with Gasteiger partial charge in [0.25, 0.3) is 0 Å². The number of aromatic nitrogens is 4. The van der Waals surface area contributed by atoms with E-state index in [2.05, 4.69) is 109 Å². The molecule has 498 valence electrons. The maximum atomic E-state index is 11.7. The number of fused-ring (bicyclic) bond motifs is 2. The quantitative estimate of drug-likeness (QED) is 0.0772. The van der Waals surface area contributed by atoms with Gasteiger partial charge in [-0.2, -0.15) is 0 Å². The van der Waals surface area contributed by atoms with Gasteiger partial charge in [-0.3, -0.25) is 24.7 Å². The number of nitrogens with zero attached hydrogens (tertiary/aromatic N) is 9. The predicted molar refractivity (Wildman–Crippen MR) is 394 cm³/mol. The van der Waals surface area contributed by atoms with Crippen LogP contribution in [-0.2, 0) is 14.1 Å². The summed E-state index contributed by atoms with van der Waals surface area (Å²) in [5.41, 5.74) is 19.0. The van der Waals surface area contributed by atoms with Gasteiger partial charge in [-0.15, -0.1) is 0 Å². The van der Waals surface area contributed by atoms with Crippen molar-refractivity contribution in [1.82, 2.24) is 24.8 Å². The number of rotatable bonds is 14. The summed E-state index contributed by atoms with van der Waals surface area (Å²) in [5.74, 6) is 4.22. The van der Waals surface area contributed by atoms with Crippen LogP contribution in [-0.4, -0.2) is 160 Å². The van der Waals surface area contributed by atoms with E-state index in [0.717, 1.165) is 130 Å². The monoisotopic (exact) mass is 1430 g/mol. The van der Waals surface area contributed by atoms with E-state index in [0.29, 0.717) is 16.5 Å². The first-order valence-electron chi connectivity index (χ1n) is 30.3. The second-order valence-corrected chi connectivity index (χ2v) is 26.3. The van der Waals surface area contributed by atoms with Crippen molar-refractivity contribution in [2.45, 2.75) is 58.3 Å². The number of amides is 1. The number of methoxy groups -OCH3 is 5. The van der Waals surface area contributed by atoms with Crippen molar-refractivity contribution >= 4 is 118 Å². The Hall–Kier alpha value is -8.28. The van der Waals surface area contributed by atoms with Crippen LogP contribution in [0.5, 0.6) is 28.7 Å². The summed E-state index contributed by atoms with van der Waals surface area (Å²) in [6.45, 7) is 11.4. The van der Waals surface area contributed by atoms with Crippen LogP contribution in [0.2, 0.25) is 5.02 Å². The fourth-order valence-corrected chi connectivity index (χ4v) is 11.3. The molecule has 2 aliphatic heterocycles. The average molecular weight is 1430 g/mol. The molecule has 0 saturated carbocycles. The Bertz CT molecular complexity index is 4040. The van der Waals surface area contributed by atoms with Crippen molar-refractivity contribution < 1.29 is 37.8 Å². The summed E-state index contributed by atoms with van der Waals surface area (Å²) in [4.78, 5) is 39.5. The Balaban J connectivity index is 0.000000175. The molecular weight excluding hydrogens is 1340 g/mol. The second kappa shape index (κ2) is 32.7. The second-order valence-electron chi connectivity index (χ2n) is 24.0. The highest BCUT2D eigenvalue weighted by Gasteiger charge is 2.52. The molecule has 2 saturated heterocycles. The van der Waals surface area contributed by atoms with E-state index in [9.17, 15) is 4.79 Å². The number of carbonyl (C=O) groups excluding carboxylic acids is 1. The van der Waals surface area contributed by atoms with Gasteiger partial charge in [0.2, 0.25) is 5.91 Å². The number of nitrogens with two attached hydrogens (primary N) is 1. The lowest BCUT2D eigenvalue weighted by molar-refractivity contribution is -0.127. The molecule has 2 fully saturated rings. The van der Waals surface area contributed by atoms with Gasteiger partial charge in [-0.25, -0.2) is 0 Å². The van der Waals surface area contributed by atoms with Crippen molar-refractivity contribution in [3.63, 3.8) is 0 Å². The largest absolute Gasteiger partial charge is 0.495 e. The van der Waals surface area contributed by atoms with Crippen LogP contribution in [0.4, 0.5) is 34.1 Å². The van der Waals surface area contributed by atoms with Crippen LogP contribution in [0.1, 0.15) is 41.0 Å². The van der Waals surface area contributed by atoms with Crippen molar-refractivity contribution in [1.29, 1.82) is 0 Å². The van der Waals surface area contributed by atoms with E-state index >= 15 is 0 Å². The van der Waals surface area contributed by atoms with Crippen LogP contribution < -0.4 is 59.8 Å². The molecule has 23 heteroatoms. The smallest absolute Gasteiger partial charge is 0.494 e. The van der Waals surface area contributed by atoms with E-state index in [1.54, 1.807) is 73.3 Å². The average Bonchev–Trinajstić information content (AvgIpc) is 1.56. The highest BCUT2D eigenvalue weighted by molar-refractivity contribution is 9.10. The molecule has 2 aliphatic rings. The summed E-state index contributed by atoms with van der Waals surface area (Å²) >= 11 is 12.9. The van der Waals surface area contributed by atoms with Gasteiger partial charge < -0.3 is 68.5 Å². The summed E-state index contributed by atoms with van der Waals surface area (Å²) in [7, 11) is 23.9. The molecule has 2 aromatic heterocycles. The Labute approximate surface area is 576 Å². The Kier molecular flexibility index (Phi) is 25.5. The van der Waals surface area contributed by atoms with E-state index in [-0.39, 0.29) is 30.3 Å². The lowest BCUT2D eigenvalue weighted by Crippen LogP contribution is -2.41. The first kappa shape index (κ1) is 73.1. The standard InChI is InChI=1S/C23H27N5O2.C17H16ClN3O.C15H24BNO3.C9H12BrNO.C7H8BrNO/c1-15(29)28-10-7-17(14-28)26-18-12-19(23-20(13-18)24-8-9-25-23)16-5-6-22(30-4)21(11-16)27(2)3;1-21(2)15-8-11(4-5-16(15)22-3)13-9-12(18)10-14-17(13)20-7-6-19-14;1-14(2)15(3,4)20-16(19-14)11-8-9-13(18-7)12(10-11)17(5)6;1-11(2)8-6-7(10)4-5-9(8)12-3;1-10-7-3-2-5(8)4-6(7)9/h5-6,8-9,11-13,17,26H,7,10,14H2,1-4H3;4-10H,1-3H3;8-10H,1-7H3;4-6H,1-3H3;2-4H,9H2,1H3/t17-;;;;/m0..../s1. The molecule has 0 radical (unpaired) electrons. The number of benzene rings is 7. The Morgan fingerprint density at radius 3 is 1.44 bits per heavy atom. The van der Waals surface area contributed by atoms with Gasteiger partial charge in [0.1, 0.15) is 28.7 Å². The Morgan fingerprint density at radius 1 is 0.564 bits per heavy atom. The molecule has 0 bridgehead atoms. The normalized spacial score (nSPS) is 14.1. The molecule has 0 aliphatic carbocycles. The third-order valence-corrected chi connectivity index (χ3v) is 17.3. The molecule has 4 heterocycles. The molecule has 0 spiro atoms. The molecule has 3 N–H and O–H groups in total. The first-order valence-corrected chi connectivity index (χ1v) is 32.3. The van der Waals surface area contributed by atoms with Gasteiger partial charge in [0, 0.05) is 138 Å². The molecule has 0 unspecified atom stereocenters. The van der Waals surface area contributed by atoms with Crippen LogP contribution in [0, 0.1) is 0 Å². The van der Waals surface area contributed by atoms with Crippen LogP contribution in [0.15, 0.2) is 149 Å². The summed E-state index contributed by atoms with van der Waals surface area (Å²) in [6.07, 6.45) is 7.72. The van der Waals surface area contributed by atoms with Crippen molar-refractivity contribution in [3.8, 4) is 51.0 Å². The topological polar surface area (TPSA) is 187 Å². The van der Waals surface area contributed by atoms with E-state index in [4.69, 9.17) is 50.3 Å². The summed E-state index contributed by atoms with van der Waals surface area (Å²) < 4.78 is 40.6. The third kappa shape index (κ3) is 18.3. The van der Waals surface area contributed by atoms with Crippen LogP contribution in [0.3, 0.4) is 0 Å². The zero-order chi connectivity index (χ0) is 68.8. The molecule has 1 amide bonds. The number of anilines is 6. The molecular formula is C71H87BBr2ClN11O8. The lowest BCUT2D eigenvalue weighted by atomic mass is 9.79. The molecule has 19 nitrogen and oxygen atoms in total. The first-order chi connectivity index (χ1) is 44.6. The van der Waals surface area contributed by atoms with E-state index in [1.165, 1.54) is 0 Å². The zero-order valence-corrected chi connectivity index (χ0v) is 61.0. The Morgan fingerprint density at radius 2 is 0.979 bits per heavy atom. The number of carbonyl (C=O) groups is 1. The van der Waals surface area contributed by atoms with Crippen molar-refractivity contribution in [2.24, 2.45) is 0 Å². The number of likely N-dealkylation sites (tertiary alicyclic amines) is 1. The highest BCUT2D eigenvalue weighted by atomic mass is 79.9. The minimum atomic E-state index is -0.343.